The van der Waals surface area contributed by atoms with Crippen molar-refractivity contribution in [2.24, 2.45) is 0 Å². The van der Waals surface area contributed by atoms with Crippen molar-refractivity contribution in [3.8, 4) is 0 Å². The van der Waals surface area contributed by atoms with Gasteiger partial charge in [-0.15, -0.1) is 0 Å². The fourth-order valence-corrected chi connectivity index (χ4v) is 3.72. The highest BCUT2D eigenvalue weighted by Crippen LogP contribution is 2.29. The van der Waals surface area contributed by atoms with Gasteiger partial charge in [0.25, 0.3) is 0 Å². The van der Waals surface area contributed by atoms with Gasteiger partial charge in [-0.05, 0) is 64.0 Å². The van der Waals surface area contributed by atoms with E-state index in [1.54, 1.807) is 0 Å². The molecular weight excluding hydrogens is 336 g/mol. The molecule has 0 amide bonds. The maximum absolute atomic E-state index is 4.82. The molecule has 1 aliphatic rings. The normalized spacial score (nSPS) is 15.8. The fourth-order valence-electron chi connectivity index (χ4n) is 3.72. The highest BCUT2D eigenvalue weighted by molar-refractivity contribution is 5.57. The average molecular weight is 362 g/mol. The molecular formula is C21H26N6. The maximum atomic E-state index is 4.82. The minimum atomic E-state index is 0.503. The minimum Gasteiger partial charge on any atom is -0.348 e. The van der Waals surface area contributed by atoms with Gasteiger partial charge in [-0.3, -0.25) is 9.88 Å². The molecule has 0 aliphatic carbocycles. The lowest BCUT2D eigenvalue weighted by molar-refractivity contribution is 0.199. The molecule has 3 aromatic rings. The molecule has 4 heterocycles. The van der Waals surface area contributed by atoms with Crippen LogP contribution in [0, 0.1) is 13.8 Å². The summed E-state index contributed by atoms with van der Waals surface area (Å²) in [5, 5.41) is 3.43. The predicted octanol–water partition coefficient (Wildman–Crippen LogP) is 3.94. The Morgan fingerprint density at radius 2 is 1.96 bits per heavy atom. The van der Waals surface area contributed by atoms with E-state index < -0.39 is 0 Å². The number of likely N-dealkylation sites (tertiary alicyclic amines) is 1. The first-order chi connectivity index (χ1) is 13.2. The summed E-state index contributed by atoms with van der Waals surface area (Å²) in [4.78, 5) is 19.3. The zero-order valence-corrected chi connectivity index (χ0v) is 15.9. The van der Waals surface area contributed by atoms with E-state index in [0.717, 1.165) is 61.2 Å². The number of piperidine rings is 1. The van der Waals surface area contributed by atoms with Crippen LogP contribution < -0.4 is 5.32 Å². The zero-order valence-electron chi connectivity index (χ0n) is 15.9. The van der Waals surface area contributed by atoms with Crippen LogP contribution in [0.1, 0.15) is 41.7 Å². The third kappa shape index (κ3) is 4.52. The smallest absolute Gasteiger partial charge is 0.130 e. The Labute approximate surface area is 160 Å². The van der Waals surface area contributed by atoms with Crippen molar-refractivity contribution in [2.75, 3.05) is 18.4 Å². The van der Waals surface area contributed by atoms with Gasteiger partial charge in [0, 0.05) is 41.1 Å². The molecule has 27 heavy (non-hydrogen) atoms. The minimum absolute atomic E-state index is 0.503. The van der Waals surface area contributed by atoms with E-state index in [2.05, 4.69) is 44.2 Å². The Morgan fingerprint density at radius 3 is 2.70 bits per heavy atom. The Bertz CT molecular complexity index is 881. The van der Waals surface area contributed by atoms with Crippen molar-refractivity contribution in [1.82, 2.24) is 24.8 Å². The number of anilines is 2. The van der Waals surface area contributed by atoms with Gasteiger partial charge >= 0.3 is 0 Å². The molecule has 140 valence electrons. The topological polar surface area (TPSA) is 69.7 Å². The quantitative estimate of drug-likeness (QED) is 0.719. The summed E-state index contributed by atoms with van der Waals surface area (Å²) in [6.07, 6.45) is 5.95. The van der Waals surface area contributed by atoms with Gasteiger partial charge in [0.15, 0.2) is 0 Å². The van der Waals surface area contributed by atoms with Crippen molar-refractivity contribution >= 4 is 11.5 Å². The lowest BCUT2D eigenvalue weighted by atomic mass is 9.92. The second-order valence-electron chi connectivity index (χ2n) is 7.30. The number of pyridine rings is 2. The first-order valence-electron chi connectivity index (χ1n) is 9.55. The number of imidazole rings is 1. The number of rotatable bonds is 5. The second-order valence-corrected chi connectivity index (χ2v) is 7.30. The molecule has 1 saturated heterocycles. The largest absolute Gasteiger partial charge is 0.348 e. The van der Waals surface area contributed by atoms with Crippen molar-refractivity contribution < 1.29 is 0 Å². The molecule has 0 spiro atoms. The first kappa shape index (κ1) is 17.7. The van der Waals surface area contributed by atoms with E-state index in [1.165, 1.54) is 5.69 Å². The summed E-state index contributed by atoms with van der Waals surface area (Å²) in [7, 11) is 0. The van der Waals surface area contributed by atoms with Crippen LogP contribution in [0.25, 0.3) is 0 Å². The van der Waals surface area contributed by atoms with Gasteiger partial charge < -0.3 is 10.3 Å². The van der Waals surface area contributed by atoms with Crippen molar-refractivity contribution in [3.05, 3.63) is 65.6 Å². The maximum Gasteiger partial charge on any atom is 0.130 e. The predicted molar refractivity (Wildman–Crippen MR) is 107 cm³/mol. The molecule has 1 aliphatic heterocycles. The van der Waals surface area contributed by atoms with Crippen LogP contribution in [-0.4, -0.2) is 37.9 Å². The number of nitrogens with zero attached hydrogens (tertiary/aromatic N) is 4. The van der Waals surface area contributed by atoms with Crippen molar-refractivity contribution in [1.29, 1.82) is 0 Å². The molecule has 0 atom stereocenters. The number of hydrogen-bond acceptors (Lipinski definition) is 5. The average Bonchev–Trinajstić information content (AvgIpc) is 3.15. The van der Waals surface area contributed by atoms with E-state index in [0.29, 0.717) is 5.92 Å². The second kappa shape index (κ2) is 7.88. The fraction of sp³-hybridized carbons (Fsp3) is 0.381. The summed E-state index contributed by atoms with van der Waals surface area (Å²) < 4.78 is 0. The van der Waals surface area contributed by atoms with E-state index in [-0.39, 0.29) is 0 Å². The number of H-pyrrole nitrogens is 1. The van der Waals surface area contributed by atoms with Gasteiger partial charge in [0.2, 0.25) is 0 Å². The van der Waals surface area contributed by atoms with Crippen LogP contribution in [0.3, 0.4) is 0 Å². The van der Waals surface area contributed by atoms with Crippen LogP contribution in [0.15, 0.2) is 42.7 Å². The summed E-state index contributed by atoms with van der Waals surface area (Å²) in [6, 6.07) is 10.3. The van der Waals surface area contributed by atoms with Gasteiger partial charge in [-0.1, -0.05) is 6.07 Å². The van der Waals surface area contributed by atoms with E-state index in [4.69, 9.17) is 4.98 Å². The molecule has 0 radical (unpaired) electrons. The van der Waals surface area contributed by atoms with Gasteiger partial charge in [0.05, 0.1) is 6.54 Å². The molecule has 0 unspecified atom stereocenters. The molecule has 1 fully saturated rings. The van der Waals surface area contributed by atoms with E-state index in [9.17, 15) is 0 Å². The molecule has 0 saturated carbocycles. The Kier molecular flexibility index (Phi) is 5.16. The molecule has 2 N–H and O–H groups in total. The van der Waals surface area contributed by atoms with E-state index in [1.807, 2.05) is 37.5 Å². The molecule has 4 rings (SSSR count). The van der Waals surface area contributed by atoms with Crippen LogP contribution in [0.2, 0.25) is 0 Å². The Hall–Kier alpha value is -2.73. The summed E-state index contributed by atoms with van der Waals surface area (Å²) in [5.74, 6) is 2.42. The number of aromatic nitrogens is 4. The first-order valence-corrected chi connectivity index (χ1v) is 9.55. The molecule has 6 nitrogen and oxygen atoms in total. The Balaban J connectivity index is 1.42. The molecule has 6 heteroatoms. The van der Waals surface area contributed by atoms with Gasteiger partial charge in [0.1, 0.15) is 11.6 Å². The number of nitrogens with one attached hydrogen (secondary N) is 2. The lowest BCUT2D eigenvalue weighted by Crippen LogP contribution is -2.33. The standard InChI is InChI=1S/C21H26N6/c1-15-4-3-5-20(25-15)26-18-12-16(2)24-19(13-18)17-6-10-27(11-7-17)14-21-22-8-9-23-21/h3-5,8-9,12-13,17H,6-7,10-11,14H2,1-2H3,(H,22,23)(H,24,25,26). The summed E-state index contributed by atoms with van der Waals surface area (Å²) >= 11 is 0. The number of hydrogen-bond donors (Lipinski definition) is 2. The lowest BCUT2D eigenvalue weighted by Gasteiger charge is -2.31. The zero-order chi connectivity index (χ0) is 18.6. The molecule has 0 aromatic carbocycles. The number of aromatic amines is 1. The highest BCUT2D eigenvalue weighted by Gasteiger charge is 2.22. The van der Waals surface area contributed by atoms with Crippen LogP contribution in [0.4, 0.5) is 11.5 Å². The van der Waals surface area contributed by atoms with Crippen LogP contribution >= 0.6 is 0 Å². The number of aryl methyl sites for hydroxylation is 2. The molecule has 0 bridgehead atoms. The summed E-state index contributed by atoms with van der Waals surface area (Å²) in [6.45, 7) is 7.11. The van der Waals surface area contributed by atoms with Crippen LogP contribution in [-0.2, 0) is 6.54 Å². The SMILES string of the molecule is Cc1cccc(Nc2cc(C)nc(C3CCN(Cc4ncc[nH]4)CC3)c2)n1. The van der Waals surface area contributed by atoms with Gasteiger partial charge in [-0.2, -0.15) is 0 Å². The monoisotopic (exact) mass is 362 g/mol. The summed E-state index contributed by atoms with van der Waals surface area (Å²) in [5.41, 5.74) is 4.30. The molecule has 3 aromatic heterocycles. The van der Waals surface area contributed by atoms with Gasteiger partial charge in [-0.25, -0.2) is 9.97 Å². The third-order valence-electron chi connectivity index (χ3n) is 5.07. The van der Waals surface area contributed by atoms with Crippen LogP contribution in [0.5, 0.6) is 0 Å². The third-order valence-corrected chi connectivity index (χ3v) is 5.07. The van der Waals surface area contributed by atoms with Crippen molar-refractivity contribution in [2.45, 2.75) is 39.2 Å². The van der Waals surface area contributed by atoms with E-state index >= 15 is 0 Å². The van der Waals surface area contributed by atoms with Crippen molar-refractivity contribution in [3.63, 3.8) is 0 Å². The Morgan fingerprint density at radius 1 is 1.11 bits per heavy atom. The highest BCUT2D eigenvalue weighted by atomic mass is 15.2.